The molecule has 3 amide bonds. The molecule has 2 aromatic rings. The van der Waals surface area contributed by atoms with Gasteiger partial charge < -0.3 is 25.0 Å². The first kappa shape index (κ1) is 21.7. The van der Waals surface area contributed by atoms with Crippen LogP contribution < -0.4 is 25.0 Å². The molecule has 2 rings (SSSR count). The van der Waals surface area contributed by atoms with E-state index in [1.54, 1.807) is 49.6 Å². The number of carbonyl (C=O) groups is 3. The Hall–Kier alpha value is -3.55. The van der Waals surface area contributed by atoms with Gasteiger partial charge in [0.1, 0.15) is 11.5 Å². The maximum absolute atomic E-state index is 12.4. The average molecular weight is 399 g/mol. The lowest BCUT2D eigenvalue weighted by molar-refractivity contribution is -0.117. The molecular formula is C21H25N3O5. The van der Waals surface area contributed by atoms with Gasteiger partial charge in [0.05, 0.1) is 19.9 Å². The van der Waals surface area contributed by atoms with Crippen molar-refractivity contribution in [3.63, 3.8) is 0 Å². The zero-order chi connectivity index (χ0) is 21.4. The summed E-state index contributed by atoms with van der Waals surface area (Å²) in [7, 11) is 3.05. The molecule has 0 aliphatic heterocycles. The van der Waals surface area contributed by atoms with E-state index in [2.05, 4.69) is 10.6 Å². The van der Waals surface area contributed by atoms with E-state index in [1.807, 2.05) is 0 Å². The number of amides is 3. The molecule has 0 heterocycles. The standard InChI is InChI=1S/C21H25N3O5/c1-14(25)22-16-5-7-17(8-6-16)24(15(2)26)12-11-21(27)23-19-10-9-18(28-3)13-20(19)29-4/h5-10,13H,11-12H2,1-4H3,(H,22,25)(H,23,27). The lowest BCUT2D eigenvalue weighted by atomic mass is 10.2. The first-order valence-corrected chi connectivity index (χ1v) is 9.01. The van der Waals surface area contributed by atoms with Crippen molar-refractivity contribution in [3.8, 4) is 11.5 Å². The van der Waals surface area contributed by atoms with Crippen LogP contribution in [0.25, 0.3) is 0 Å². The van der Waals surface area contributed by atoms with Crippen molar-refractivity contribution in [1.29, 1.82) is 0 Å². The van der Waals surface area contributed by atoms with Gasteiger partial charge in [0, 0.05) is 44.3 Å². The van der Waals surface area contributed by atoms with Crippen LogP contribution >= 0.6 is 0 Å². The van der Waals surface area contributed by atoms with Crippen LogP contribution in [0.4, 0.5) is 17.1 Å². The molecule has 0 unspecified atom stereocenters. The summed E-state index contributed by atoms with van der Waals surface area (Å²) in [6, 6.07) is 11.9. The molecule has 29 heavy (non-hydrogen) atoms. The number of hydrogen-bond donors (Lipinski definition) is 2. The van der Waals surface area contributed by atoms with Gasteiger partial charge in [-0.25, -0.2) is 0 Å². The number of benzene rings is 2. The summed E-state index contributed by atoms with van der Waals surface area (Å²) in [6.45, 7) is 3.07. The van der Waals surface area contributed by atoms with Gasteiger partial charge in [-0.3, -0.25) is 14.4 Å². The van der Waals surface area contributed by atoms with Gasteiger partial charge in [-0.2, -0.15) is 0 Å². The summed E-state index contributed by atoms with van der Waals surface area (Å²) in [5.41, 5.74) is 1.79. The van der Waals surface area contributed by atoms with Crippen molar-refractivity contribution >= 4 is 34.8 Å². The van der Waals surface area contributed by atoms with Crippen LogP contribution in [0.1, 0.15) is 20.3 Å². The molecule has 0 aliphatic carbocycles. The second kappa shape index (κ2) is 10.1. The maximum atomic E-state index is 12.4. The Morgan fingerprint density at radius 1 is 0.931 bits per heavy atom. The molecule has 0 aromatic heterocycles. The van der Waals surface area contributed by atoms with Crippen LogP contribution in [0, 0.1) is 0 Å². The summed E-state index contributed by atoms with van der Waals surface area (Å²) >= 11 is 0. The second-order valence-corrected chi connectivity index (χ2v) is 6.26. The number of ether oxygens (including phenoxy) is 2. The zero-order valence-corrected chi connectivity index (χ0v) is 16.9. The highest BCUT2D eigenvalue weighted by atomic mass is 16.5. The average Bonchev–Trinajstić information content (AvgIpc) is 2.69. The van der Waals surface area contributed by atoms with Gasteiger partial charge in [0.15, 0.2) is 0 Å². The summed E-state index contributed by atoms with van der Waals surface area (Å²) < 4.78 is 10.4. The Labute approximate surface area is 169 Å². The lowest BCUT2D eigenvalue weighted by Gasteiger charge is -2.21. The van der Waals surface area contributed by atoms with E-state index in [4.69, 9.17) is 9.47 Å². The Morgan fingerprint density at radius 2 is 1.62 bits per heavy atom. The second-order valence-electron chi connectivity index (χ2n) is 6.26. The summed E-state index contributed by atoms with van der Waals surface area (Å²) in [4.78, 5) is 37.0. The normalized spacial score (nSPS) is 10.1. The first-order valence-electron chi connectivity index (χ1n) is 9.01. The van der Waals surface area contributed by atoms with Crippen LogP contribution in [0.2, 0.25) is 0 Å². The van der Waals surface area contributed by atoms with Gasteiger partial charge in [0.2, 0.25) is 17.7 Å². The summed E-state index contributed by atoms with van der Waals surface area (Å²) in [6.07, 6.45) is 0.0994. The fourth-order valence-corrected chi connectivity index (χ4v) is 2.72. The lowest BCUT2D eigenvalue weighted by Crippen LogP contribution is -2.32. The minimum absolute atomic E-state index is 0.0994. The number of methoxy groups -OCH3 is 2. The molecular weight excluding hydrogens is 374 g/mol. The third-order valence-electron chi connectivity index (χ3n) is 4.12. The highest BCUT2D eigenvalue weighted by Gasteiger charge is 2.15. The van der Waals surface area contributed by atoms with Crippen LogP contribution in [0.15, 0.2) is 42.5 Å². The molecule has 8 heteroatoms. The smallest absolute Gasteiger partial charge is 0.226 e. The summed E-state index contributed by atoms with van der Waals surface area (Å²) in [5, 5.41) is 5.45. The molecule has 154 valence electrons. The number of carbonyl (C=O) groups excluding carboxylic acids is 3. The van der Waals surface area contributed by atoms with E-state index in [0.717, 1.165) is 0 Å². The van der Waals surface area contributed by atoms with Crippen molar-refractivity contribution in [3.05, 3.63) is 42.5 Å². The topological polar surface area (TPSA) is 97.0 Å². The van der Waals surface area contributed by atoms with E-state index in [9.17, 15) is 14.4 Å². The predicted octanol–water partition coefficient (Wildman–Crippen LogP) is 3.04. The fourth-order valence-electron chi connectivity index (χ4n) is 2.72. The number of nitrogens with one attached hydrogen (secondary N) is 2. The Balaban J connectivity index is 2.02. The van der Waals surface area contributed by atoms with Gasteiger partial charge >= 0.3 is 0 Å². The molecule has 0 fully saturated rings. The molecule has 0 saturated carbocycles. The third-order valence-corrected chi connectivity index (χ3v) is 4.12. The number of anilines is 3. The first-order chi connectivity index (χ1) is 13.8. The minimum Gasteiger partial charge on any atom is -0.497 e. The SMILES string of the molecule is COc1ccc(NC(=O)CCN(C(C)=O)c2ccc(NC(C)=O)cc2)c(OC)c1. The van der Waals surface area contributed by atoms with Crippen molar-refractivity contribution in [1.82, 2.24) is 0 Å². The Bertz CT molecular complexity index is 880. The van der Waals surface area contributed by atoms with E-state index in [-0.39, 0.29) is 30.7 Å². The van der Waals surface area contributed by atoms with Gasteiger partial charge in [-0.15, -0.1) is 0 Å². The Morgan fingerprint density at radius 3 is 2.17 bits per heavy atom. The van der Waals surface area contributed by atoms with Crippen molar-refractivity contribution in [2.45, 2.75) is 20.3 Å². The molecule has 2 N–H and O–H groups in total. The molecule has 0 radical (unpaired) electrons. The zero-order valence-electron chi connectivity index (χ0n) is 16.9. The molecule has 0 bridgehead atoms. The quantitative estimate of drug-likeness (QED) is 0.711. The van der Waals surface area contributed by atoms with E-state index in [0.29, 0.717) is 28.6 Å². The molecule has 0 aliphatic rings. The molecule has 0 saturated heterocycles. The maximum Gasteiger partial charge on any atom is 0.226 e. The van der Waals surface area contributed by atoms with E-state index in [1.165, 1.54) is 25.9 Å². The monoisotopic (exact) mass is 399 g/mol. The highest BCUT2D eigenvalue weighted by Crippen LogP contribution is 2.29. The van der Waals surface area contributed by atoms with Crippen molar-refractivity contribution in [2.24, 2.45) is 0 Å². The molecule has 0 atom stereocenters. The molecule has 0 spiro atoms. The van der Waals surface area contributed by atoms with Crippen molar-refractivity contribution in [2.75, 3.05) is 36.3 Å². The fraction of sp³-hybridized carbons (Fsp3) is 0.286. The number of nitrogens with zero attached hydrogens (tertiary/aromatic N) is 1. The van der Waals surface area contributed by atoms with Crippen molar-refractivity contribution < 1.29 is 23.9 Å². The van der Waals surface area contributed by atoms with Gasteiger partial charge in [-0.05, 0) is 36.4 Å². The molecule has 2 aromatic carbocycles. The van der Waals surface area contributed by atoms with Gasteiger partial charge in [0.25, 0.3) is 0 Å². The van der Waals surface area contributed by atoms with E-state index < -0.39 is 0 Å². The van der Waals surface area contributed by atoms with Crippen LogP contribution in [-0.2, 0) is 14.4 Å². The predicted molar refractivity (Wildman–Crippen MR) is 112 cm³/mol. The van der Waals surface area contributed by atoms with Crippen LogP contribution in [0.5, 0.6) is 11.5 Å². The summed E-state index contributed by atoms with van der Waals surface area (Å²) in [5.74, 6) is 0.480. The van der Waals surface area contributed by atoms with Gasteiger partial charge in [-0.1, -0.05) is 0 Å². The van der Waals surface area contributed by atoms with E-state index >= 15 is 0 Å². The third kappa shape index (κ3) is 6.24. The largest absolute Gasteiger partial charge is 0.497 e. The Kier molecular flexibility index (Phi) is 7.59. The number of hydrogen-bond acceptors (Lipinski definition) is 5. The van der Waals surface area contributed by atoms with Crippen LogP contribution in [0.3, 0.4) is 0 Å². The number of rotatable bonds is 8. The minimum atomic E-state index is -0.255. The molecule has 8 nitrogen and oxygen atoms in total. The highest BCUT2D eigenvalue weighted by molar-refractivity contribution is 5.96. The van der Waals surface area contributed by atoms with Crippen LogP contribution in [-0.4, -0.2) is 38.5 Å².